The van der Waals surface area contributed by atoms with E-state index in [0.717, 1.165) is 186 Å². The Labute approximate surface area is 632 Å². The molecule has 5 atom stereocenters. The monoisotopic (exact) mass is 1500 g/mol. The van der Waals surface area contributed by atoms with Gasteiger partial charge in [-0.3, -0.25) is 37.3 Å². The minimum atomic E-state index is -4.99. The fraction of sp³-hybridized carbons (Fsp3) is 0.741. The zero-order valence-electron chi connectivity index (χ0n) is 65.7. The molecule has 0 aliphatic heterocycles. The highest BCUT2D eigenvalue weighted by Gasteiger charge is 2.30. The van der Waals surface area contributed by atoms with Gasteiger partial charge in [0.1, 0.15) is 19.3 Å². The minimum absolute atomic E-state index is 0.0780. The van der Waals surface area contributed by atoms with Gasteiger partial charge in [-0.05, 0) is 154 Å². The van der Waals surface area contributed by atoms with Gasteiger partial charge < -0.3 is 33.8 Å². The maximum absolute atomic E-state index is 13.1. The molecule has 0 saturated heterocycles. The molecule has 0 rings (SSSR count). The summed E-state index contributed by atoms with van der Waals surface area (Å²) in [6.45, 7) is 4.69. The lowest BCUT2D eigenvalue weighted by molar-refractivity contribution is -0.161. The van der Waals surface area contributed by atoms with Crippen molar-refractivity contribution < 1.29 is 80.2 Å². The largest absolute Gasteiger partial charge is 0.472 e. The molecule has 0 aliphatic carbocycles. The number of ether oxygens (including phenoxy) is 4. The van der Waals surface area contributed by atoms with E-state index in [4.69, 9.17) is 37.0 Å². The number of rotatable bonds is 77. The normalized spacial score (nSPS) is 14.4. The lowest BCUT2D eigenvalue weighted by Gasteiger charge is -2.21. The molecule has 3 N–H and O–H groups in total. The van der Waals surface area contributed by atoms with Crippen LogP contribution in [-0.4, -0.2) is 96.7 Å². The van der Waals surface area contributed by atoms with Crippen molar-refractivity contribution >= 4 is 39.5 Å². The second kappa shape index (κ2) is 76.9. The molecule has 0 aromatic carbocycles. The second-order valence-corrected chi connectivity index (χ2v) is 30.2. The molecule has 2 unspecified atom stereocenters. The standard InChI is InChI=1S/C85H148O17P2/c1-5-9-13-17-21-25-29-33-37-38-39-40-44-46-50-54-58-62-66-70-83(88)96-76-81(102-85(90)72-68-64-60-56-52-48-43-36-32-28-24-20-16-12-8-4)78-100-104(93,94)98-74-79(86)73-97-103(91,92)99-77-80(101-84(89)71-67-63-59-55-51-47-42-35-31-27-23-19-15-11-7-3)75-95-82(87)69-65-61-57-53-49-45-41-34-30-26-22-18-14-10-6-2/h9,13,21,23,25-28,30,32-33,35,37,39-40,42,46,50,79-81,86H,5-8,10-12,14-20,22,24,29,31,34,36,38,41,43-45,47-49,51-78H2,1-4H3,(H,91,92)(H,93,94)/b13-9-,25-21-,27-23-,30-26-,32-28-,37-33-,40-39-,42-35-,50-46-/t79-,80+,81+/m0/s1. The predicted octanol–water partition coefficient (Wildman–Crippen LogP) is 24.1. The number of phosphoric ester groups is 2. The number of esters is 4. The number of allylic oxidation sites excluding steroid dienone is 18. The van der Waals surface area contributed by atoms with Gasteiger partial charge in [-0.15, -0.1) is 0 Å². The third-order valence-electron chi connectivity index (χ3n) is 17.2. The molecule has 0 fully saturated rings. The summed E-state index contributed by atoms with van der Waals surface area (Å²) >= 11 is 0. The maximum Gasteiger partial charge on any atom is 0.472 e. The van der Waals surface area contributed by atoms with Crippen LogP contribution in [0.3, 0.4) is 0 Å². The summed E-state index contributed by atoms with van der Waals surface area (Å²) in [5, 5.41) is 10.7. The zero-order chi connectivity index (χ0) is 76.0. The van der Waals surface area contributed by atoms with Gasteiger partial charge in [-0.1, -0.05) is 278 Å². The molecule has 0 aliphatic rings. The van der Waals surface area contributed by atoms with E-state index >= 15 is 0 Å². The zero-order valence-corrected chi connectivity index (χ0v) is 67.5. The van der Waals surface area contributed by atoms with Gasteiger partial charge in [0.05, 0.1) is 26.4 Å². The van der Waals surface area contributed by atoms with Crippen LogP contribution < -0.4 is 0 Å². The van der Waals surface area contributed by atoms with Crippen LogP contribution >= 0.6 is 15.6 Å². The first kappa shape index (κ1) is 99.7. The Morgan fingerprint density at radius 3 is 0.808 bits per heavy atom. The van der Waals surface area contributed by atoms with Gasteiger partial charge >= 0.3 is 39.5 Å². The van der Waals surface area contributed by atoms with E-state index in [-0.39, 0.29) is 25.7 Å². The van der Waals surface area contributed by atoms with E-state index < -0.39 is 97.5 Å². The summed E-state index contributed by atoms with van der Waals surface area (Å²) < 4.78 is 68.7. The number of aliphatic hydroxyl groups excluding tert-OH is 1. The lowest BCUT2D eigenvalue weighted by Crippen LogP contribution is -2.30. The Kier molecular flexibility index (Phi) is 73.7. The van der Waals surface area contributed by atoms with Crippen molar-refractivity contribution in [2.45, 2.75) is 367 Å². The summed E-state index contributed by atoms with van der Waals surface area (Å²) in [7, 11) is -9.97. The number of aliphatic hydroxyl groups is 1. The van der Waals surface area contributed by atoms with Gasteiger partial charge in [0.2, 0.25) is 0 Å². The minimum Gasteiger partial charge on any atom is -0.462 e. The summed E-state index contributed by atoms with van der Waals surface area (Å²) in [6, 6.07) is 0. The molecule has 600 valence electrons. The SMILES string of the molecule is CC/C=C\C/C=C\C/C=C\C/C=C\C/C=C\CCCCCC(=O)OC[C@H](COP(=O)(O)OC[C@@H](O)COP(=O)(O)OC[C@@H](COC(=O)CCCCCCCCC/C=C\CCCCCC)OC(=O)CCCCCCC/C=C\C/C=C\CCCCC)OC(=O)CCCCCCCCC/C=C\CCCCCC. The van der Waals surface area contributed by atoms with Crippen molar-refractivity contribution in [3.05, 3.63) is 109 Å². The van der Waals surface area contributed by atoms with Crippen LogP contribution in [0.25, 0.3) is 0 Å². The van der Waals surface area contributed by atoms with Gasteiger partial charge in [0.15, 0.2) is 12.2 Å². The molecule has 0 amide bonds. The van der Waals surface area contributed by atoms with Gasteiger partial charge in [-0.2, -0.15) is 0 Å². The second-order valence-electron chi connectivity index (χ2n) is 27.3. The number of unbranched alkanes of at least 4 members (excludes halogenated alkanes) is 33. The molecule has 0 saturated carbocycles. The molecule has 0 spiro atoms. The molecule has 0 radical (unpaired) electrons. The summed E-state index contributed by atoms with van der Waals surface area (Å²) in [6.07, 6.45) is 83.4. The number of hydrogen-bond donors (Lipinski definition) is 3. The first-order valence-corrected chi connectivity index (χ1v) is 44.1. The Hall–Kier alpha value is -4.28. The molecule has 0 aromatic heterocycles. The highest BCUT2D eigenvalue weighted by Crippen LogP contribution is 2.45. The van der Waals surface area contributed by atoms with Crippen LogP contribution in [0.5, 0.6) is 0 Å². The average molecular weight is 1500 g/mol. The van der Waals surface area contributed by atoms with Crippen LogP contribution in [0.15, 0.2) is 109 Å². The molecule has 0 heterocycles. The number of carbonyl (C=O) groups is 4. The van der Waals surface area contributed by atoms with Crippen LogP contribution in [0.4, 0.5) is 0 Å². The lowest BCUT2D eigenvalue weighted by atomic mass is 10.1. The van der Waals surface area contributed by atoms with E-state index in [0.29, 0.717) is 25.7 Å². The van der Waals surface area contributed by atoms with Gasteiger partial charge in [0, 0.05) is 25.7 Å². The first-order valence-electron chi connectivity index (χ1n) is 41.1. The number of carbonyl (C=O) groups excluding carboxylic acids is 4. The molecular weight excluding hydrogens is 1350 g/mol. The predicted molar refractivity (Wildman–Crippen MR) is 427 cm³/mol. The van der Waals surface area contributed by atoms with Crippen molar-refractivity contribution in [2.24, 2.45) is 0 Å². The van der Waals surface area contributed by atoms with Crippen molar-refractivity contribution in [1.82, 2.24) is 0 Å². The van der Waals surface area contributed by atoms with Gasteiger partial charge in [-0.25, -0.2) is 9.13 Å². The van der Waals surface area contributed by atoms with Crippen LogP contribution in [0, 0.1) is 0 Å². The smallest absolute Gasteiger partial charge is 0.462 e. The van der Waals surface area contributed by atoms with E-state index in [2.05, 4.69) is 137 Å². The molecule has 104 heavy (non-hydrogen) atoms. The Balaban J connectivity index is 5.40. The Morgan fingerprint density at radius 2 is 0.500 bits per heavy atom. The van der Waals surface area contributed by atoms with E-state index in [1.807, 2.05) is 0 Å². The quantitative estimate of drug-likeness (QED) is 0.0169. The number of phosphoric acid groups is 2. The summed E-state index contributed by atoms with van der Waals surface area (Å²) in [4.78, 5) is 73.1. The summed E-state index contributed by atoms with van der Waals surface area (Å²) in [5.41, 5.74) is 0. The van der Waals surface area contributed by atoms with Crippen molar-refractivity contribution in [3.63, 3.8) is 0 Å². The average Bonchev–Trinajstić information content (AvgIpc) is 0.918. The molecular formula is C85H148O17P2. The highest BCUT2D eigenvalue weighted by atomic mass is 31.2. The van der Waals surface area contributed by atoms with Crippen LogP contribution in [0.2, 0.25) is 0 Å². The van der Waals surface area contributed by atoms with E-state index in [1.54, 1.807) is 0 Å². The van der Waals surface area contributed by atoms with Crippen molar-refractivity contribution in [2.75, 3.05) is 39.6 Å². The van der Waals surface area contributed by atoms with E-state index in [9.17, 15) is 43.2 Å². The fourth-order valence-corrected chi connectivity index (χ4v) is 12.5. The topological polar surface area (TPSA) is 237 Å². The van der Waals surface area contributed by atoms with E-state index in [1.165, 1.54) is 83.5 Å². The third kappa shape index (κ3) is 75.9. The highest BCUT2D eigenvalue weighted by molar-refractivity contribution is 7.47. The third-order valence-corrected chi connectivity index (χ3v) is 19.1. The summed E-state index contributed by atoms with van der Waals surface area (Å²) in [5.74, 6) is -2.22. The Bertz CT molecular complexity index is 2390. The van der Waals surface area contributed by atoms with Crippen molar-refractivity contribution in [1.29, 1.82) is 0 Å². The molecule has 0 aromatic rings. The molecule has 17 nitrogen and oxygen atoms in total. The van der Waals surface area contributed by atoms with Crippen LogP contribution in [-0.2, 0) is 65.4 Å². The number of hydrogen-bond acceptors (Lipinski definition) is 15. The molecule has 19 heteroatoms. The van der Waals surface area contributed by atoms with Gasteiger partial charge in [0.25, 0.3) is 0 Å². The van der Waals surface area contributed by atoms with Crippen molar-refractivity contribution in [3.8, 4) is 0 Å². The van der Waals surface area contributed by atoms with Crippen LogP contribution in [0.1, 0.15) is 349 Å². The fourth-order valence-electron chi connectivity index (χ4n) is 10.9. The molecule has 0 bridgehead atoms. The first-order chi connectivity index (χ1) is 50.7. The maximum atomic E-state index is 13.1. The Morgan fingerprint density at radius 1 is 0.279 bits per heavy atom.